The number of allylic oxidation sites excluding steroid dienone is 1. The van der Waals surface area contributed by atoms with Crippen LogP contribution in [0.4, 0.5) is 0 Å². The number of rotatable bonds is 2. The second-order valence-electron chi connectivity index (χ2n) is 1.81. The van der Waals surface area contributed by atoms with Gasteiger partial charge in [-0.05, 0) is 0 Å². The second kappa shape index (κ2) is 10.5. The van der Waals surface area contributed by atoms with Crippen LogP contribution in [0.2, 0.25) is 0 Å². The van der Waals surface area contributed by atoms with Crippen LogP contribution >= 0.6 is 0 Å². The summed E-state index contributed by atoms with van der Waals surface area (Å²) in [5.74, 6) is 0. The average molecular weight is 212 g/mol. The van der Waals surface area contributed by atoms with Crippen molar-refractivity contribution < 1.29 is 19.5 Å². The van der Waals surface area contributed by atoms with Gasteiger partial charge in [0, 0.05) is 0 Å². The largest absolute Gasteiger partial charge is 2.00 e. The fourth-order valence-electron chi connectivity index (χ4n) is 0.700. The van der Waals surface area contributed by atoms with Gasteiger partial charge >= 0.3 is 19.5 Å². The molecule has 0 radical (unpaired) electrons. The molecule has 0 fully saturated rings. The van der Waals surface area contributed by atoms with Crippen LogP contribution in [-0.2, 0) is 19.5 Å². The molecule has 0 heterocycles. The van der Waals surface area contributed by atoms with E-state index >= 15 is 0 Å². The molecular weight excluding hydrogens is 198 g/mol. The molecule has 0 aromatic heterocycles. The zero-order valence-electron chi connectivity index (χ0n) is 7.66. The van der Waals surface area contributed by atoms with Gasteiger partial charge in [0.25, 0.3) is 0 Å². The van der Waals surface area contributed by atoms with Gasteiger partial charge < -0.3 is 6.92 Å². The first-order valence-corrected chi connectivity index (χ1v) is 3.65. The summed E-state index contributed by atoms with van der Waals surface area (Å²) in [6.45, 7) is 8.60. The Morgan fingerprint density at radius 1 is 1.25 bits per heavy atom. The van der Waals surface area contributed by atoms with E-state index in [0.29, 0.717) is 0 Å². The van der Waals surface area contributed by atoms with Crippen molar-refractivity contribution in [3.63, 3.8) is 0 Å². The third kappa shape index (κ3) is 6.18. The van der Waals surface area contributed by atoms with Crippen molar-refractivity contribution in [2.45, 2.75) is 6.92 Å². The van der Waals surface area contributed by atoms with E-state index in [9.17, 15) is 0 Å². The maximum Gasteiger partial charge on any atom is 2.00 e. The molecule has 0 amide bonds. The number of hydrogen-bond donors (Lipinski definition) is 0. The predicted octanol–water partition coefficient (Wildman–Crippen LogP) is 3.26. The minimum Gasteiger partial charge on any atom is -0.346 e. The summed E-state index contributed by atoms with van der Waals surface area (Å²) in [6, 6.07) is 10.1. The second-order valence-corrected chi connectivity index (χ2v) is 1.81. The van der Waals surface area contributed by atoms with Crippen molar-refractivity contribution in [2.24, 2.45) is 0 Å². The number of hydrogen-bond acceptors (Lipinski definition) is 0. The summed E-state index contributed by atoms with van der Waals surface area (Å²) in [6.07, 6.45) is 3.76. The summed E-state index contributed by atoms with van der Waals surface area (Å²) in [5.41, 5.74) is 1.20. The molecule has 0 saturated heterocycles. The molecular formula is C11H14Zn. The Morgan fingerprint density at radius 3 is 2.17 bits per heavy atom. The quantitative estimate of drug-likeness (QED) is 0.520. The van der Waals surface area contributed by atoms with Crippen LogP contribution in [0.3, 0.4) is 0 Å². The third-order valence-corrected chi connectivity index (χ3v) is 1.11. The third-order valence-electron chi connectivity index (χ3n) is 1.11. The van der Waals surface area contributed by atoms with Gasteiger partial charge in [-0.1, -0.05) is 6.07 Å². The molecule has 0 aliphatic heterocycles. The smallest absolute Gasteiger partial charge is 0.346 e. The van der Waals surface area contributed by atoms with E-state index in [1.54, 1.807) is 13.0 Å². The van der Waals surface area contributed by atoms with Gasteiger partial charge in [-0.3, -0.25) is 0 Å². The zero-order chi connectivity index (χ0) is 8.53. The van der Waals surface area contributed by atoms with E-state index in [1.807, 2.05) is 36.8 Å². The molecule has 1 rings (SSSR count). The van der Waals surface area contributed by atoms with Crippen LogP contribution in [0.25, 0.3) is 0 Å². The molecule has 1 heteroatoms. The predicted molar refractivity (Wildman–Crippen MR) is 51.1 cm³/mol. The van der Waals surface area contributed by atoms with Crippen LogP contribution in [-0.4, -0.2) is 0 Å². The first-order valence-electron chi connectivity index (χ1n) is 3.65. The van der Waals surface area contributed by atoms with E-state index in [2.05, 4.69) is 13.5 Å². The summed E-state index contributed by atoms with van der Waals surface area (Å²) in [5, 5.41) is 0. The van der Waals surface area contributed by atoms with E-state index < -0.39 is 0 Å². The van der Waals surface area contributed by atoms with Crippen LogP contribution in [0.15, 0.2) is 43.0 Å². The van der Waals surface area contributed by atoms with Crippen LogP contribution < -0.4 is 0 Å². The molecule has 60 valence electrons. The molecule has 12 heavy (non-hydrogen) atoms. The fourth-order valence-corrected chi connectivity index (χ4v) is 0.700. The van der Waals surface area contributed by atoms with E-state index in [0.717, 1.165) is 0 Å². The summed E-state index contributed by atoms with van der Waals surface area (Å²) in [7, 11) is 0. The van der Waals surface area contributed by atoms with E-state index in [-0.39, 0.29) is 19.5 Å². The molecule has 0 atom stereocenters. The SMILES string of the molecule is C=C[CH-]c1ccccc1.[CH2-]C.[Zn+2]. The molecule has 0 bridgehead atoms. The summed E-state index contributed by atoms with van der Waals surface area (Å²) >= 11 is 0. The van der Waals surface area contributed by atoms with Crippen LogP contribution in [0.5, 0.6) is 0 Å². The zero-order valence-corrected chi connectivity index (χ0v) is 10.6. The molecule has 1 aromatic carbocycles. The van der Waals surface area contributed by atoms with Gasteiger partial charge in [-0.15, -0.1) is 36.2 Å². The Kier molecular flexibility index (Phi) is 12.2. The monoisotopic (exact) mass is 210 g/mol. The molecule has 0 aliphatic rings. The first-order chi connectivity index (χ1) is 5.43. The Balaban J connectivity index is 0. The van der Waals surface area contributed by atoms with E-state index in [1.165, 1.54) is 5.56 Å². The Morgan fingerprint density at radius 2 is 1.75 bits per heavy atom. The van der Waals surface area contributed by atoms with Crippen molar-refractivity contribution in [3.8, 4) is 0 Å². The van der Waals surface area contributed by atoms with Gasteiger partial charge in [0.15, 0.2) is 0 Å². The van der Waals surface area contributed by atoms with Gasteiger partial charge in [-0.25, -0.2) is 0 Å². The normalized spacial score (nSPS) is 6.83. The van der Waals surface area contributed by atoms with Gasteiger partial charge in [0.1, 0.15) is 0 Å². The van der Waals surface area contributed by atoms with Crippen LogP contribution in [0, 0.1) is 13.3 Å². The van der Waals surface area contributed by atoms with Gasteiger partial charge in [-0.2, -0.15) is 19.6 Å². The maximum atomic E-state index is 3.60. The van der Waals surface area contributed by atoms with Crippen molar-refractivity contribution >= 4 is 0 Å². The van der Waals surface area contributed by atoms with Crippen molar-refractivity contribution in [2.75, 3.05) is 0 Å². The standard InChI is InChI=1S/C9H9.C2H5.Zn/c1-2-6-9-7-4-3-5-8-9;1-2;/h2-8H,1H2;1H2,2H3;/q2*-1;+2. The Hall–Kier alpha value is -0.547. The molecule has 0 saturated carbocycles. The number of benzene rings is 1. The molecule has 0 nitrogen and oxygen atoms in total. The topological polar surface area (TPSA) is 0 Å². The van der Waals surface area contributed by atoms with Gasteiger partial charge in [0.2, 0.25) is 0 Å². The Bertz CT molecular complexity index is 179. The molecule has 0 spiro atoms. The van der Waals surface area contributed by atoms with Crippen molar-refractivity contribution in [1.82, 2.24) is 0 Å². The van der Waals surface area contributed by atoms with Crippen LogP contribution in [0.1, 0.15) is 12.5 Å². The molecule has 0 unspecified atom stereocenters. The summed E-state index contributed by atoms with van der Waals surface area (Å²) in [4.78, 5) is 0. The average Bonchev–Trinajstić information content (AvgIpc) is 2.11. The maximum absolute atomic E-state index is 3.60. The first kappa shape index (κ1) is 14.0. The molecule has 0 N–H and O–H groups in total. The minimum atomic E-state index is 0. The van der Waals surface area contributed by atoms with E-state index in [4.69, 9.17) is 0 Å². The summed E-state index contributed by atoms with van der Waals surface area (Å²) < 4.78 is 0. The van der Waals surface area contributed by atoms with Crippen molar-refractivity contribution in [1.29, 1.82) is 0 Å². The fraction of sp³-hybridized carbons (Fsp3) is 0.0909. The molecule has 0 aliphatic carbocycles. The Labute approximate surface area is 88.5 Å². The molecule has 1 aromatic rings. The van der Waals surface area contributed by atoms with Crippen molar-refractivity contribution in [3.05, 3.63) is 61.9 Å². The van der Waals surface area contributed by atoms with Gasteiger partial charge in [0.05, 0.1) is 0 Å². The minimum absolute atomic E-state index is 0.